The lowest BCUT2D eigenvalue weighted by Crippen LogP contribution is -2.61. The van der Waals surface area contributed by atoms with E-state index in [0.29, 0.717) is 0 Å². The van der Waals surface area contributed by atoms with Crippen molar-refractivity contribution in [2.45, 2.75) is 155 Å². The number of rotatable bonds is 4. The van der Waals surface area contributed by atoms with E-state index in [9.17, 15) is 0 Å². The fourth-order valence-electron chi connectivity index (χ4n) is 14.1. The van der Waals surface area contributed by atoms with Crippen LogP contribution in [-0.2, 0) is 27.1 Å². The van der Waals surface area contributed by atoms with Crippen LogP contribution in [0.3, 0.4) is 0 Å². The molecule has 4 heterocycles. The van der Waals surface area contributed by atoms with Crippen LogP contribution in [0.5, 0.6) is 0 Å². The standard InChI is InChI=1S/C72H76BN3O/c1-67(2,3)46-25-22-26-50(37-46)74-60-40-49(70(10,11)12)29-32-56(60)73-57-43-54-52-27-18-19-28-64(52)77-65(54)44-61(57)75(58-33-30-47(68(4,5)6)38-53(58)45-23-16-15-17-24-45)63-42-51(41-62(74)66(63)73)76-59-34-31-48(69(7,8)9)39-55(59)71(13)35-20-21-36-72(71,76)14/h15-19,22-34,37-44H,20-21,35-36H2,1-14H3. The van der Waals surface area contributed by atoms with E-state index in [4.69, 9.17) is 4.42 Å². The van der Waals surface area contributed by atoms with Gasteiger partial charge in [0, 0.05) is 67.6 Å². The second kappa shape index (κ2) is 16.8. The van der Waals surface area contributed by atoms with E-state index in [2.05, 4.69) is 269 Å². The van der Waals surface area contributed by atoms with Crippen LogP contribution in [0.1, 0.15) is 150 Å². The van der Waals surface area contributed by atoms with Gasteiger partial charge in [-0.2, -0.15) is 0 Å². The summed E-state index contributed by atoms with van der Waals surface area (Å²) in [6.07, 6.45) is 4.69. The summed E-state index contributed by atoms with van der Waals surface area (Å²) in [5.41, 5.74) is 24.3. The Morgan fingerprint density at radius 1 is 0.429 bits per heavy atom. The molecule has 8 aromatic carbocycles. The van der Waals surface area contributed by atoms with Crippen LogP contribution in [0.2, 0.25) is 0 Å². The molecule has 9 aromatic rings. The third-order valence-corrected chi connectivity index (χ3v) is 18.8. The number of nitrogens with zero attached hydrogens (tertiary/aromatic N) is 3. The second-order valence-corrected chi connectivity index (χ2v) is 27.8. The molecule has 0 spiro atoms. The molecule has 1 aromatic heterocycles. The molecule has 13 rings (SSSR count). The summed E-state index contributed by atoms with van der Waals surface area (Å²) >= 11 is 0. The first-order valence-corrected chi connectivity index (χ1v) is 28.6. The van der Waals surface area contributed by atoms with Gasteiger partial charge in [0.2, 0.25) is 0 Å². The first-order valence-electron chi connectivity index (χ1n) is 28.6. The molecule has 2 atom stereocenters. The third kappa shape index (κ3) is 7.52. The first kappa shape index (κ1) is 49.6. The van der Waals surface area contributed by atoms with Gasteiger partial charge in [-0.15, -0.1) is 0 Å². The zero-order valence-electron chi connectivity index (χ0n) is 48.2. The molecule has 388 valence electrons. The predicted octanol–water partition coefficient (Wildman–Crippen LogP) is 18.3. The zero-order valence-corrected chi connectivity index (χ0v) is 48.2. The first-order chi connectivity index (χ1) is 36.4. The van der Waals surface area contributed by atoms with Crippen LogP contribution in [-0.4, -0.2) is 12.3 Å². The average Bonchev–Trinajstić information content (AvgIpc) is 4.06. The fourth-order valence-corrected chi connectivity index (χ4v) is 14.1. The van der Waals surface area contributed by atoms with Crippen molar-refractivity contribution >= 4 is 90.5 Å². The van der Waals surface area contributed by atoms with Crippen LogP contribution >= 0.6 is 0 Å². The largest absolute Gasteiger partial charge is 0.456 e. The molecule has 4 nitrogen and oxygen atoms in total. The van der Waals surface area contributed by atoms with Crippen molar-refractivity contribution in [1.82, 2.24) is 0 Å². The highest BCUT2D eigenvalue weighted by atomic mass is 16.3. The molecule has 0 N–H and O–H groups in total. The number of hydrogen-bond donors (Lipinski definition) is 0. The molecule has 1 fully saturated rings. The topological polar surface area (TPSA) is 22.9 Å². The molecule has 0 saturated heterocycles. The van der Waals surface area contributed by atoms with E-state index < -0.39 is 0 Å². The van der Waals surface area contributed by atoms with Gasteiger partial charge in [0.05, 0.1) is 11.2 Å². The Balaban J connectivity index is 1.20. The Labute approximate surface area is 459 Å². The highest BCUT2D eigenvalue weighted by molar-refractivity contribution is 7.00. The minimum absolute atomic E-state index is 0.0222. The number of furan rings is 1. The van der Waals surface area contributed by atoms with E-state index in [1.54, 1.807) is 0 Å². The number of fused-ring (bicyclic) bond motifs is 10. The van der Waals surface area contributed by atoms with Gasteiger partial charge in [-0.05, 0) is 146 Å². The average molecular weight is 1010 g/mol. The van der Waals surface area contributed by atoms with Gasteiger partial charge in [0.15, 0.2) is 0 Å². The van der Waals surface area contributed by atoms with E-state index in [1.807, 2.05) is 0 Å². The van der Waals surface area contributed by atoms with Crippen molar-refractivity contribution in [2.24, 2.45) is 0 Å². The van der Waals surface area contributed by atoms with Crippen molar-refractivity contribution in [2.75, 3.05) is 14.7 Å². The Hall–Kier alpha value is -6.98. The summed E-state index contributed by atoms with van der Waals surface area (Å²) in [6.45, 7) is 33.3. The molecule has 4 aliphatic rings. The number of hydrogen-bond acceptors (Lipinski definition) is 4. The molecular weight excluding hydrogens is 934 g/mol. The maximum Gasteiger partial charge on any atom is 0.252 e. The van der Waals surface area contributed by atoms with Crippen molar-refractivity contribution in [3.63, 3.8) is 0 Å². The van der Waals surface area contributed by atoms with Crippen LogP contribution < -0.4 is 31.1 Å². The second-order valence-electron chi connectivity index (χ2n) is 27.8. The van der Waals surface area contributed by atoms with E-state index in [-0.39, 0.29) is 39.3 Å². The highest BCUT2D eigenvalue weighted by Crippen LogP contribution is 2.62. The number of para-hydroxylation sites is 1. The van der Waals surface area contributed by atoms with Crippen molar-refractivity contribution < 1.29 is 4.42 Å². The van der Waals surface area contributed by atoms with Crippen LogP contribution in [0.25, 0.3) is 33.1 Å². The third-order valence-electron chi connectivity index (χ3n) is 18.8. The summed E-state index contributed by atoms with van der Waals surface area (Å²) in [5, 5.41) is 2.29. The van der Waals surface area contributed by atoms with Gasteiger partial charge < -0.3 is 19.1 Å². The number of anilines is 8. The molecule has 3 aliphatic heterocycles. The Morgan fingerprint density at radius 2 is 1.03 bits per heavy atom. The lowest BCUT2D eigenvalue weighted by molar-refractivity contribution is 0.195. The molecular formula is C72H76BN3O. The van der Waals surface area contributed by atoms with E-state index in [1.165, 1.54) is 102 Å². The summed E-state index contributed by atoms with van der Waals surface area (Å²) in [5.74, 6) is 0. The quantitative estimate of drug-likeness (QED) is 0.164. The number of benzene rings is 8. The Bertz CT molecular complexity index is 3870. The van der Waals surface area contributed by atoms with Crippen LogP contribution in [0.4, 0.5) is 45.5 Å². The molecule has 2 unspecified atom stereocenters. The Morgan fingerprint density at radius 3 is 1.74 bits per heavy atom. The van der Waals surface area contributed by atoms with Gasteiger partial charge in [-0.3, -0.25) is 0 Å². The molecule has 1 saturated carbocycles. The lowest BCUT2D eigenvalue weighted by Gasteiger charge is -2.51. The molecule has 0 amide bonds. The smallest absolute Gasteiger partial charge is 0.252 e. The summed E-state index contributed by atoms with van der Waals surface area (Å²) in [7, 11) is 0. The summed E-state index contributed by atoms with van der Waals surface area (Å²) < 4.78 is 6.93. The summed E-state index contributed by atoms with van der Waals surface area (Å²) in [4.78, 5) is 8.13. The van der Waals surface area contributed by atoms with Gasteiger partial charge in [0.1, 0.15) is 11.2 Å². The lowest BCUT2D eigenvalue weighted by atomic mass is 9.33. The molecule has 77 heavy (non-hydrogen) atoms. The van der Waals surface area contributed by atoms with Crippen molar-refractivity contribution in [3.8, 4) is 11.1 Å². The summed E-state index contributed by atoms with van der Waals surface area (Å²) in [6, 6.07) is 61.4. The van der Waals surface area contributed by atoms with Crippen LogP contribution in [0, 0.1) is 0 Å². The van der Waals surface area contributed by atoms with Crippen molar-refractivity contribution in [3.05, 3.63) is 186 Å². The fraction of sp³-hybridized carbons (Fsp3) is 0.333. The molecule has 1 aliphatic carbocycles. The minimum atomic E-state index is -0.186. The van der Waals surface area contributed by atoms with Gasteiger partial charge >= 0.3 is 0 Å². The maximum absolute atomic E-state index is 6.93. The molecule has 0 bridgehead atoms. The molecule has 5 heteroatoms. The Kier molecular flexibility index (Phi) is 10.8. The SMILES string of the molecule is CC(C)(C)c1cccc(N2c3cc(C(C)(C)C)ccc3B3c4cc5c(cc4N(c4ccc(C(C)(C)C)cc4-c4ccccc4)c4cc(N6c7ccc(C(C)(C)C)cc7C7(C)CCCCC67C)cc2c43)oc2ccccc25)c1. The normalized spacial score (nSPS) is 19.1. The zero-order chi connectivity index (χ0) is 53.9. The highest BCUT2D eigenvalue weighted by Gasteiger charge is 2.58. The predicted molar refractivity (Wildman–Crippen MR) is 331 cm³/mol. The van der Waals surface area contributed by atoms with E-state index >= 15 is 0 Å². The van der Waals surface area contributed by atoms with Crippen LogP contribution in [0.15, 0.2) is 162 Å². The van der Waals surface area contributed by atoms with Crippen molar-refractivity contribution in [1.29, 1.82) is 0 Å². The van der Waals surface area contributed by atoms with Gasteiger partial charge in [0.25, 0.3) is 6.71 Å². The van der Waals surface area contributed by atoms with Gasteiger partial charge in [-0.25, -0.2) is 0 Å². The van der Waals surface area contributed by atoms with Gasteiger partial charge in [-0.1, -0.05) is 200 Å². The minimum Gasteiger partial charge on any atom is -0.456 e. The maximum atomic E-state index is 6.93. The monoisotopic (exact) mass is 1010 g/mol. The van der Waals surface area contributed by atoms with E-state index in [0.717, 1.165) is 46.2 Å². The molecule has 0 radical (unpaired) electrons.